The first kappa shape index (κ1) is 25.0. The van der Waals surface area contributed by atoms with E-state index in [2.05, 4.69) is 4.90 Å². The van der Waals surface area contributed by atoms with E-state index in [0.29, 0.717) is 24.0 Å². The maximum absolute atomic E-state index is 13.5. The molecule has 0 N–H and O–H groups in total. The summed E-state index contributed by atoms with van der Waals surface area (Å²) in [7, 11) is 3.23. The summed E-state index contributed by atoms with van der Waals surface area (Å²) in [5.74, 6) is 2.18. The molecular formula is C29H33F2NO3. The molecule has 0 unspecified atom stereocenters. The summed E-state index contributed by atoms with van der Waals surface area (Å²) in [6, 6.07) is 19.1. The summed E-state index contributed by atoms with van der Waals surface area (Å²) < 4.78 is 43.6. The lowest BCUT2D eigenvalue weighted by Gasteiger charge is -2.36. The third kappa shape index (κ3) is 6.51. The molecule has 3 aromatic rings. The van der Waals surface area contributed by atoms with E-state index in [1.54, 1.807) is 14.2 Å². The number of nitrogens with zero attached hydrogens (tertiary/aromatic N) is 1. The molecule has 1 saturated heterocycles. The van der Waals surface area contributed by atoms with E-state index in [-0.39, 0.29) is 17.6 Å². The van der Waals surface area contributed by atoms with Crippen LogP contribution in [0.5, 0.6) is 17.2 Å². The molecule has 0 aliphatic carbocycles. The molecule has 3 aromatic carbocycles. The quantitative estimate of drug-likeness (QED) is 0.318. The maximum Gasteiger partial charge on any atom is 0.164 e. The van der Waals surface area contributed by atoms with Gasteiger partial charge in [0.15, 0.2) is 11.5 Å². The van der Waals surface area contributed by atoms with Crippen molar-refractivity contribution in [2.45, 2.75) is 25.2 Å². The van der Waals surface area contributed by atoms with Crippen molar-refractivity contribution >= 4 is 0 Å². The lowest BCUT2D eigenvalue weighted by atomic mass is 9.76. The summed E-state index contributed by atoms with van der Waals surface area (Å²) >= 11 is 0. The van der Waals surface area contributed by atoms with Crippen LogP contribution in [0.3, 0.4) is 0 Å². The molecule has 1 aliphatic heterocycles. The van der Waals surface area contributed by atoms with Crippen LogP contribution >= 0.6 is 0 Å². The topological polar surface area (TPSA) is 30.9 Å². The van der Waals surface area contributed by atoms with E-state index in [1.807, 2.05) is 42.5 Å². The number of likely N-dealkylation sites (tertiary alicyclic amines) is 1. The molecule has 0 aromatic heterocycles. The Morgan fingerprint density at radius 3 is 1.91 bits per heavy atom. The maximum atomic E-state index is 13.5. The predicted octanol–water partition coefficient (Wildman–Crippen LogP) is 6.30. The molecule has 4 rings (SSSR count). The number of rotatable bonds is 10. The van der Waals surface area contributed by atoms with Gasteiger partial charge in [-0.05, 0) is 85.8 Å². The van der Waals surface area contributed by atoms with E-state index in [4.69, 9.17) is 14.2 Å². The summed E-state index contributed by atoms with van der Waals surface area (Å²) in [4.78, 5) is 2.47. The van der Waals surface area contributed by atoms with Crippen LogP contribution < -0.4 is 14.2 Å². The Hall–Kier alpha value is -3.12. The predicted molar refractivity (Wildman–Crippen MR) is 133 cm³/mol. The first-order valence-electron chi connectivity index (χ1n) is 12.2. The minimum absolute atomic E-state index is 0.131. The Morgan fingerprint density at radius 1 is 0.800 bits per heavy atom. The fraction of sp³-hybridized carbons (Fsp3) is 0.379. The van der Waals surface area contributed by atoms with Crippen LogP contribution in [0.15, 0.2) is 66.7 Å². The molecule has 0 radical (unpaired) electrons. The molecule has 186 valence electrons. The lowest BCUT2D eigenvalue weighted by molar-refractivity contribution is 0.163. The second kappa shape index (κ2) is 12.0. The van der Waals surface area contributed by atoms with Crippen molar-refractivity contribution in [3.8, 4) is 17.2 Å². The van der Waals surface area contributed by atoms with E-state index in [9.17, 15) is 8.78 Å². The highest BCUT2D eigenvalue weighted by molar-refractivity contribution is 5.45. The number of benzene rings is 3. The van der Waals surface area contributed by atoms with Gasteiger partial charge in [-0.1, -0.05) is 24.3 Å². The largest absolute Gasteiger partial charge is 0.493 e. The third-order valence-electron chi connectivity index (χ3n) is 6.80. The van der Waals surface area contributed by atoms with Crippen molar-refractivity contribution in [1.82, 2.24) is 4.90 Å². The number of piperidine rings is 1. The highest BCUT2D eigenvalue weighted by atomic mass is 19.1. The molecule has 0 bridgehead atoms. The van der Waals surface area contributed by atoms with E-state index in [0.717, 1.165) is 55.8 Å². The van der Waals surface area contributed by atoms with Crippen LogP contribution in [0.4, 0.5) is 8.78 Å². The number of ether oxygens (including phenoxy) is 3. The van der Waals surface area contributed by atoms with Crippen molar-refractivity contribution in [3.63, 3.8) is 0 Å². The van der Waals surface area contributed by atoms with Crippen molar-refractivity contribution < 1.29 is 23.0 Å². The first-order chi connectivity index (χ1) is 17.1. The van der Waals surface area contributed by atoms with Crippen LogP contribution in [0.2, 0.25) is 0 Å². The molecule has 0 saturated carbocycles. The van der Waals surface area contributed by atoms with Gasteiger partial charge in [0.25, 0.3) is 0 Å². The summed E-state index contributed by atoms with van der Waals surface area (Å²) in [6.07, 6.45) is 3.00. The zero-order valence-electron chi connectivity index (χ0n) is 20.4. The van der Waals surface area contributed by atoms with Gasteiger partial charge in [0.2, 0.25) is 0 Å². The van der Waals surface area contributed by atoms with E-state index >= 15 is 0 Å². The van der Waals surface area contributed by atoms with Gasteiger partial charge in [-0.15, -0.1) is 0 Å². The molecular weight excluding hydrogens is 448 g/mol. The van der Waals surface area contributed by atoms with Crippen molar-refractivity contribution in [1.29, 1.82) is 0 Å². The molecule has 1 heterocycles. The van der Waals surface area contributed by atoms with Crippen LogP contribution in [0.25, 0.3) is 0 Å². The summed E-state index contributed by atoms with van der Waals surface area (Å²) in [6.45, 7) is 3.60. The van der Waals surface area contributed by atoms with Crippen LogP contribution in [-0.2, 0) is 0 Å². The smallest absolute Gasteiger partial charge is 0.164 e. The second-order valence-electron chi connectivity index (χ2n) is 8.98. The second-order valence-corrected chi connectivity index (χ2v) is 8.98. The van der Waals surface area contributed by atoms with Crippen molar-refractivity contribution in [2.75, 3.05) is 40.5 Å². The van der Waals surface area contributed by atoms with Gasteiger partial charge in [0, 0.05) is 18.5 Å². The monoisotopic (exact) mass is 481 g/mol. The van der Waals surface area contributed by atoms with Crippen LogP contribution in [0.1, 0.15) is 36.3 Å². The van der Waals surface area contributed by atoms with Gasteiger partial charge >= 0.3 is 0 Å². The number of hydrogen-bond acceptors (Lipinski definition) is 4. The fourth-order valence-corrected chi connectivity index (χ4v) is 4.97. The average Bonchev–Trinajstić information content (AvgIpc) is 2.89. The van der Waals surface area contributed by atoms with Crippen molar-refractivity contribution in [2.24, 2.45) is 5.92 Å². The molecule has 1 fully saturated rings. The normalized spacial score (nSPS) is 14.8. The standard InChI is InChI=1S/C29H33F2NO3/c1-33-27-13-12-26(20-28(27)34-2)35-19-3-16-32-17-14-23(15-18-32)29(21-4-8-24(30)9-5-21)22-6-10-25(31)11-7-22/h4-13,20,23,29H,3,14-19H2,1-2H3. The highest BCUT2D eigenvalue weighted by Crippen LogP contribution is 2.38. The molecule has 4 nitrogen and oxygen atoms in total. The van der Waals surface area contributed by atoms with Gasteiger partial charge in [-0.25, -0.2) is 8.78 Å². The zero-order chi connectivity index (χ0) is 24.6. The molecule has 1 aliphatic rings. The Labute approximate surface area is 206 Å². The van der Waals surface area contributed by atoms with Crippen molar-refractivity contribution in [3.05, 3.63) is 89.5 Å². The van der Waals surface area contributed by atoms with Gasteiger partial charge in [-0.2, -0.15) is 0 Å². The molecule has 0 atom stereocenters. The highest BCUT2D eigenvalue weighted by Gasteiger charge is 2.29. The minimum atomic E-state index is -0.239. The van der Waals surface area contributed by atoms with Gasteiger partial charge in [-0.3, -0.25) is 0 Å². The number of methoxy groups -OCH3 is 2. The number of hydrogen-bond donors (Lipinski definition) is 0. The van der Waals surface area contributed by atoms with E-state index in [1.165, 1.54) is 24.3 Å². The fourth-order valence-electron chi connectivity index (χ4n) is 4.97. The summed E-state index contributed by atoms with van der Waals surface area (Å²) in [5, 5.41) is 0. The minimum Gasteiger partial charge on any atom is -0.493 e. The Balaban J connectivity index is 1.30. The molecule has 0 amide bonds. The van der Waals surface area contributed by atoms with Gasteiger partial charge in [0.05, 0.1) is 20.8 Å². The third-order valence-corrected chi connectivity index (χ3v) is 6.80. The van der Waals surface area contributed by atoms with Crippen LogP contribution in [0, 0.1) is 17.6 Å². The Bertz CT molecular complexity index is 1020. The molecule has 0 spiro atoms. The molecule has 35 heavy (non-hydrogen) atoms. The van der Waals surface area contributed by atoms with Gasteiger partial charge in [0.1, 0.15) is 17.4 Å². The first-order valence-corrected chi connectivity index (χ1v) is 12.2. The Morgan fingerprint density at radius 2 is 1.37 bits per heavy atom. The zero-order valence-corrected chi connectivity index (χ0v) is 20.4. The average molecular weight is 482 g/mol. The molecule has 6 heteroatoms. The van der Waals surface area contributed by atoms with Gasteiger partial charge < -0.3 is 19.1 Å². The SMILES string of the molecule is COc1ccc(OCCCN2CCC(C(c3ccc(F)cc3)c3ccc(F)cc3)CC2)cc1OC. The summed E-state index contributed by atoms with van der Waals surface area (Å²) in [5.41, 5.74) is 2.17. The van der Waals surface area contributed by atoms with E-state index < -0.39 is 0 Å². The van der Waals surface area contributed by atoms with Crippen LogP contribution in [-0.4, -0.2) is 45.4 Å². The number of halogens is 2. The Kier molecular flexibility index (Phi) is 8.59. The lowest BCUT2D eigenvalue weighted by Crippen LogP contribution is -2.36.